The van der Waals surface area contributed by atoms with Crippen molar-refractivity contribution in [1.82, 2.24) is 0 Å². The third-order valence-corrected chi connectivity index (χ3v) is 7.51. The quantitative estimate of drug-likeness (QED) is 0.0901. The van der Waals surface area contributed by atoms with Crippen LogP contribution in [0.25, 0.3) is 21.5 Å². The van der Waals surface area contributed by atoms with Gasteiger partial charge < -0.3 is 0 Å². The molecule has 0 aliphatic rings. The summed E-state index contributed by atoms with van der Waals surface area (Å²) in [7, 11) is -8.62. The monoisotopic (exact) mass is 599 g/mol. The minimum atomic E-state index is -4.31. The predicted octanol–water partition coefficient (Wildman–Crippen LogP) is 3.71. The fourth-order valence-electron chi connectivity index (χ4n) is 3.88. The molecular weight excluding hydrogens is 579 g/mol. The van der Waals surface area contributed by atoms with E-state index in [2.05, 4.69) is 31.5 Å². The molecule has 12 nitrogen and oxygen atoms in total. The summed E-state index contributed by atoms with van der Waals surface area (Å²) in [5, 5.41) is 18.9. The Morgan fingerprint density at radius 3 is 1.29 bits per heavy atom. The topological polar surface area (TPSA) is 182 Å². The van der Waals surface area contributed by atoms with Gasteiger partial charge >= 0.3 is 29.6 Å². The van der Waals surface area contributed by atoms with Gasteiger partial charge in [-0.25, -0.2) is 0 Å². The number of nitrogens with one attached hydrogen (secondary N) is 2. The maximum atomic E-state index is 11.4. The van der Waals surface area contributed by atoms with Crippen molar-refractivity contribution in [3.8, 4) is 0 Å². The Morgan fingerprint density at radius 1 is 0.537 bits per heavy atom. The molecule has 0 amide bonds. The Morgan fingerprint density at radius 2 is 0.927 bits per heavy atom. The second kappa shape index (κ2) is 12.4. The Bertz CT molecular complexity index is 1870. The normalized spacial score (nSPS) is 12.1. The molecule has 0 aliphatic heterocycles. The van der Waals surface area contributed by atoms with Crippen LogP contribution in [0.3, 0.4) is 0 Å². The van der Waals surface area contributed by atoms with Crippen LogP contribution >= 0.6 is 0 Å². The first-order valence-corrected chi connectivity index (χ1v) is 14.4. The van der Waals surface area contributed by atoms with E-state index in [0.29, 0.717) is 44.3 Å². The smallest absolute Gasteiger partial charge is 0.282 e. The molecule has 0 aromatic heterocycles. The second-order valence-electron chi connectivity index (χ2n) is 8.47. The summed E-state index contributed by atoms with van der Waals surface area (Å²) < 4.78 is 64.1. The molecule has 0 unspecified atom stereocenters. The molecule has 0 fully saturated rings. The Balaban J connectivity index is 0.00000387. The van der Waals surface area contributed by atoms with Gasteiger partial charge in [0.15, 0.2) is 0 Å². The van der Waals surface area contributed by atoms with Crippen molar-refractivity contribution in [3.05, 3.63) is 97.1 Å². The first-order valence-electron chi connectivity index (χ1n) is 11.5. The number of hydrogen-bond acceptors (Lipinski definition) is 8. The van der Waals surface area contributed by atoms with Crippen molar-refractivity contribution in [1.29, 1.82) is 0 Å². The number of hydrogen-bond donors (Lipinski definition) is 4. The van der Waals surface area contributed by atoms with Gasteiger partial charge in [-0.3, -0.25) is 20.0 Å². The molecule has 5 aromatic rings. The molecule has 0 saturated carbocycles. The van der Waals surface area contributed by atoms with Crippen molar-refractivity contribution >= 4 is 64.5 Å². The molecule has 202 valence electrons. The molecule has 0 saturated heterocycles. The zero-order chi connectivity index (χ0) is 28.3. The van der Waals surface area contributed by atoms with Crippen LogP contribution in [0.5, 0.6) is 0 Å². The van der Waals surface area contributed by atoms with Crippen LogP contribution < -0.4 is 40.4 Å². The zero-order valence-corrected chi connectivity index (χ0v) is 25.0. The summed E-state index contributed by atoms with van der Waals surface area (Å²) in [5.74, 6) is 0. The Kier molecular flexibility index (Phi) is 9.14. The van der Waals surface area contributed by atoms with Gasteiger partial charge in [0.05, 0.1) is 32.5 Å². The van der Waals surface area contributed by atoms with Crippen LogP contribution in [0.1, 0.15) is 0 Å². The van der Waals surface area contributed by atoms with Crippen molar-refractivity contribution in [3.63, 3.8) is 0 Å². The molecule has 41 heavy (non-hydrogen) atoms. The minimum Gasteiger partial charge on any atom is -0.282 e. The third kappa shape index (κ3) is 7.31. The van der Waals surface area contributed by atoms with Crippen LogP contribution in [-0.2, 0) is 20.2 Å². The first kappa shape index (κ1) is 30.2. The maximum Gasteiger partial charge on any atom is 1.00 e. The van der Waals surface area contributed by atoms with Crippen LogP contribution in [0, 0.1) is 0 Å². The molecule has 0 aliphatic carbocycles. The van der Waals surface area contributed by atoms with Gasteiger partial charge in [-0.05, 0) is 71.4 Å². The third-order valence-electron chi connectivity index (χ3n) is 5.81. The van der Waals surface area contributed by atoms with E-state index in [-0.39, 0.29) is 39.3 Å². The molecular formula is C26H20N6NaO6S2+. The van der Waals surface area contributed by atoms with Crippen molar-refractivity contribution < 1.29 is 55.5 Å². The van der Waals surface area contributed by atoms with E-state index in [9.17, 15) is 25.9 Å². The number of fused-ring (bicyclic) bond motifs is 2. The molecule has 0 spiro atoms. The summed E-state index contributed by atoms with van der Waals surface area (Å²) in [6.07, 6.45) is 0. The van der Waals surface area contributed by atoms with Crippen LogP contribution in [0.4, 0.5) is 22.7 Å². The Labute approximate surface area is 257 Å². The van der Waals surface area contributed by atoms with Crippen molar-refractivity contribution in [2.75, 3.05) is 10.9 Å². The summed E-state index contributed by atoms with van der Waals surface area (Å²) in [6.45, 7) is 0. The average Bonchev–Trinajstić information content (AvgIpc) is 2.92. The summed E-state index contributed by atoms with van der Waals surface area (Å²) >= 11 is 0. The van der Waals surface area contributed by atoms with Crippen LogP contribution in [0.2, 0.25) is 0 Å². The summed E-state index contributed by atoms with van der Waals surface area (Å²) in [5.41, 5.74) is 7.94. The molecule has 5 aromatic carbocycles. The van der Waals surface area contributed by atoms with Crippen LogP contribution in [-0.4, -0.2) is 25.9 Å². The van der Waals surface area contributed by atoms with Crippen molar-refractivity contribution in [2.45, 2.75) is 9.79 Å². The summed E-state index contributed by atoms with van der Waals surface area (Å²) in [4.78, 5) is -0.404. The van der Waals surface area contributed by atoms with Gasteiger partial charge in [-0.1, -0.05) is 46.8 Å². The van der Waals surface area contributed by atoms with Gasteiger partial charge in [-0.15, -0.1) is 10.2 Å². The van der Waals surface area contributed by atoms with E-state index >= 15 is 0 Å². The number of benzene rings is 5. The van der Waals surface area contributed by atoms with Gasteiger partial charge in [0.1, 0.15) is 0 Å². The van der Waals surface area contributed by atoms with E-state index in [1.54, 1.807) is 72.8 Å². The molecule has 0 atom stereocenters. The molecule has 15 heteroatoms. The fraction of sp³-hybridized carbons (Fsp3) is 0. The SMILES string of the molecule is O=S(=O)(O)c1ccc2c(N=NNc3ccc(NN=Nc4cccc5cc(S(=O)(=O)O)ccc45)cc3)cccc2c1.[Na+]. The van der Waals surface area contributed by atoms with E-state index in [1.807, 2.05) is 0 Å². The Hall–Kier alpha value is -3.76. The molecule has 0 radical (unpaired) electrons. The zero-order valence-electron chi connectivity index (χ0n) is 21.4. The van der Waals surface area contributed by atoms with Gasteiger partial charge in [0, 0.05) is 10.8 Å². The standard InChI is InChI=1S/C26H20N6O6S2.Na/c33-39(34,35)21-11-13-23-17(15-21)3-1-5-25(23)29-31-27-19-7-9-20(10-8-19)28-32-30-26-6-2-4-18-16-22(40(36,37)38)12-14-24(18)26;/h1-16H,(H,27,29)(H,28,30)(H,33,34,35)(H,36,37,38);/q;+1. The van der Waals surface area contributed by atoms with E-state index in [4.69, 9.17) is 0 Å². The van der Waals surface area contributed by atoms with E-state index in [1.165, 1.54) is 24.3 Å². The van der Waals surface area contributed by atoms with Crippen molar-refractivity contribution in [2.24, 2.45) is 20.7 Å². The number of anilines is 2. The van der Waals surface area contributed by atoms with Gasteiger partial charge in [0.2, 0.25) is 0 Å². The number of nitrogens with zero attached hydrogens (tertiary/aromatic N) is 4. The predicted molar refractivity (Wildman–Crippen MR) is 150 cm³/mol. The molecule has 0 bridgehead atoms. The largest absolute Gasteiger partial charge is 1.00 e. The fourth-order valence-corrected chi connectivity index (χ4v) is 4.91. The molecule has 4 N–H and O–H groups in total. The average molecular weight is 600 g/mol. The number of rotatable bonds is 8. The van der Waals surface area contributed by atoms with E-state index in [0.717, 1.165) is 0 Å². The van der Waals surface area contributed by atoms with Gasteiger partial charge in [0.25, 0.3) is 20.2 Å². The summed E-state index contributed by atoms with van der Waals surface area (Å²) in [6, 6.07) is 25.7. The maximum absolute atomic E-state index is 11.4. The first-order chi connectivity index (χ1) is 19.1. The van der Waals surface area contributed by atoms with Gasteiger partial charge in [-0.2, -0.15) is 16.8 Å². The molecule has 5 rings (SSSR count). The minimum absolute atomic E-state index is 0. The second-order valence-corrected chi connectivity index (χ2v) is 11.3. The van der Waals surface area contributed by atoms with E-state index < -0.39 is 20.2 Å². The van der Waals surface area contributed by atoms with Crippen LogP contribution in [0.15, 0.2) is 128 Å². The molecule has 0 heterocycles.